The molecule has 5 N–H and O–H groups in total. The van der Waals surface area contributed by atoms with E-state index in [1.165, 1.54) is 26.1 Å². The molecular formula is C22H37FN5O9P. The maximum Gasteiger partial charge on any atom is 0.351 e. The number of aliphatic hydroxyl groups is 1. The number of rotatable bonds is 12. The van der Waals surface area contributed by atoms with Crippen molar-refractivity contribution >= 4 is 25.4 Å². The van der Waals surface area contributed by atoms with Crippen LogP contribution in [-0.2, 0) is 32.9 Å². The van der Waals surface area contributed by atoms with E-state index in [9.17, 15) is 24.1 Å². The number of nitrogens with one attached hydrogen (secondary N) is 2. The van der Waals surface area contributed by atoms with Crippen molar-refractivity contribution in [3.8, 4) is 0 Å². The van der Waals surface area contributed by atoms with E-state index in [2.05, 4.69) is 15.2 Å². The van der Waals surface area contributed by atoms with E-state index < -0.39 is 80.3 Å². The van der Waals surface area contributed by atoms with Gasteiger partial charge in [0.2, 0.25) is 0 Å². The van der Waals surface area contributed by atoms with Crippen molar-refractivity contribution in [1.29, 1.82) is 0 Å². The molecule has 38 heavy (non-hydrogen) atoms. The number of halogens is 1. The number of aliphatic hydroxyl groups excluding tert-OH is 1. The lowest BCUT2D eigenvalue weighted by molar-refractivity contribution is -0.149. The van der Waals surface area contributed by atoms with Crippen molar-refractivity contribution in [2.24, 2.45) is 0 Å². The smallest absolute Gasteiger partial charge is 0.351 e. The fraction of sp³-hybridized carbons (Fsp3) is 0.727. The van der Waals surface area contributed by atoms with Gasteiger partial charge in [0.05, 0.1) is 18.8 Å². The quantitative estimate of drug-likeness (QED) is 0.206. The SMILES string of the molecule is CC(C)OC(=O)[C@H](C)NP(=O)(N[C@@H](C)C(=O)OC(C)C)OC[C@H]1O[C@@H](n2ccc(N)nc2=O)[C@](C)(F)[C@@H]1O. The molecule has 0 saturated carbocycles. The number of nitrogens with zero attached hydrogens (tertiary/aromatic N) is 2. The number of esters is 2. The highest BCUT2D eigenvalue weighted by molar-refractivity contribution is 7.54. The molecule has 1 saturated heterocycles. The molecule has 2 heterocycles. The Bertz CT molecular complexity index is 1070. The maximum atomic E-state index is 15.5. The highest BCUT2D eigenvalue weighted by atomic mass is 31.2. The summed E-state index contributed by atoms with van der Waals surface area (Å²) in [4.78, 5) is 40.4. The van der Waals surface area contributed by atoms with Crippen LogP contribution in [-0.4, -0.2) is 75.4 Å². The molecule has 0 spiro atoms. The lowest BCUT2D eigenvalue weighted by atomic mass is 9.98. The summed E-state index contributed by atoms with van der Waals surface area (Å²) in [7, 11) is -4.27. The first-order valence-electron chi connectivity index (χ1n) is 12.0. The second-order valence-corrected chi connectivity index (χ2v) is 11.6. The van der Waals surface area contributed by atoms with E-state index in [0.717, 1.165) is 11.5 Å². The molecule has 0 unspecified atom stereocenters. The number of aromatic nitrogens is 2. The van der Waals surface area contributed by atoms with Gasteiger partial charge in [0.1, 0.15) is 30.1 Å². The van der Waals surface area contributed by atoms with Crippen LogP contribution in [0.5, 0.6) is 0 Å². The Hall–Kier alpha value is -2.42. The normalized spacial score (nSPS) is 25.4. The number of ether oxygens (including phenoxy) is 3. The van der Waals surface area contributed by atoms with Gasteiger partial charge in [-0.05, 0) is 54.5 Å². The highest BCUT2D eigenvalue weighted by Gasteiger charge is 2.55. The van der Waals surface area contributed by atoms with Gasteiger partial charge in [-0.15, -0.1) is 0 Å². The Labute approximate surface area is 219 Å². The van der Waals surface area contributed by atoms with Crippen LogP contribution in [0.1, 0.15) is 54.7 Å². The third-order valence-corrected chi connectivity index (χ3v) is 7.35. The van der Waals surface area contributed by atoms with Gasteiger partial charge >= 0.3 is 25.3 Å². The predicted molar refractivity (Wildman–Crippen MR) is 134 cm³/mol. The van der Waals surface area contributed by atoms with Crippen molar-refractivity contribution < 1.29 is 42.4 Å². The molecule has 0 aromatic carbocycles. The zero-order valence-corrected chi connectivity index (χ0v) is 23.3. The molecule has 6 atom stereocenters. The Morgan fingerprint density at radius 1 is 1.18 bits per heavy atom. The first kappa shape index (κ1) is 31.8. The van der Waals surface area contributed by atoms with Gasteiger partial charge in [-0.25, -0.2) is 19.4 Å². The highest BCUT2D eigenvalue weighted by Crippen LogP contribution is 2.44. The Morgan fingerprint density at radius 2 is 1.68 bits per heavy atom. The van der Waals surface area contributed by atoms with Crippen molar-refractivity contribution in [2.75, 3.05) is 12.3 Å². The number of hydrogen-bond acceptors (Lipinski definition) is 11. The summed E-state index contributed by atoms with van der Waals surface area (Å²) in [5.74, 6) is -1.57. The molecule has 1 aromatic rings. The van der Waals surface area contributed by atoms with E-state index in [1.807, 2.05) is 0 Å². The summed E-state index contributed by atoms with van der Waals surface area (Å²) >= 11 is 0. The summed E-state index contributed by atoms with van der Waals surface area (Å²) in [5.41, 5.74) is 2.09. The van der Waals surface area contributed by atoms with Gasteiger partial charge in [0, 0.05) is 6.20 Å². The second-order valence-electron chi connectivity index (χ2n) is 9.69. The van der Waals surface area contributed by atoms with Gasteiger partial charge in [-0.3, -0.25) is 18.7 Å². The Balaban J connectivity index is 2.25. The van der Waals surface area contributed by atoms with Crippen LogP contribution < -0.4 is 21.6 Å². The van der Waals surface area contributed by atoms with Gasteiger partial charge in [-0.2, -0.15) is 4.98 Å². The molecule has 16 heteroatoms. The fourth-order valence-corrected chi connectivity index (χ4v) is 5.34. The molecule has 0 radical (unpaired) electrons. The van der Waals surface area contributed by atoms with Crippen LogP contribution in [0, 0.1) is 0 Å². The Morgan fingerprint density at radius 3 is 2.13 bits per heavy atom. The molecule has 14 nitrogen and oxygen atoms in total. The van der Waals surface area contributed by atoms with Crippen molar-refractivity contribution in [2.45, 2.75) is 96.9 Å². The topological polar surface area (TPSA) is 193 Å². The number of carbonyl (C=O) groups is 2. The number of nitrogen functional groups attached to an aromatic ring is 1. The predicted octanol–water partition coefficient (Wildman–Crippen LogP) is 0.796. The van der Waals surface area contributed by atoms with E-state index in [4.69, 9.17) is 24.5 Å². The van der Waals surface area contributed by atoms with Crippen LogP contribution in [0.15, 0.2) is 17.1 Å². The fourth-order valence-electron chi connectivity index (χ4n) is 3.53. The van der Waals surface area contributed by atoms with Gasteiger partial charge in [-0.1, -0.05) is 0 Å². The minimum atomic E-state index is -4.27. The molecule has 2 rings (SSSR count). The van der Waals surface area contributed by atoms with Gasteiger partial charge < -0.3 is 29.6 Å². The summed E-state index contributed by atoms with van der Waals surface area (Å²) in [6.45, 7) is 9.63. The third-order valence-electron chi connectivity index (χ3n) is 5.38. The summed E-state index contributed by atoms with van der Waals surface area (Å²) < 4.78 is 51.3. The lowest BCUT2D eigenvalue weighted by Gasteiger charge is -2.28. The molecule has 0 aliphatic carbocycles. The van der Waals surface area contributed by atoms with Gasteiger partial charge in [0.25, 0.3) is 0 Å². The molecule has 1 aliphatic heterocycles. The van der Waals surface area contributed by atoms with Crippen molar-refractivity contribution in [3.05, 3.63) is 22.7 Å². The molecule has 1 aromatic heterocycles. The number of hydrogen-bond donors (Lipinski definition) is 4. The number of alkyl halides is 1. The monoisotopic (exact) mass is 565 g/mol. The third kappa shape index (κ3) is 8.04. The van der Waals surface area contributed by atoms with Crippen molar-refractivity contribution in [3.63, 3.8) is 0 Å². The average molecular weight is 566 g/mol. The molecule has 1 aliphatic rings. The summed E-state index contributed by atoms with van der Waals surface area (Å²) in [6.07, 6.45) is -4.57. The van der Waals surface area contributed by atoms with E-state index in [-0.39, 0.29) is 5.82 Å². The molecule has 1 fully saturated rings. The van der Waals surface area contributed by atoms with Crippen LogP contribution in [0.3, 0.4) is 0 Å². The van der Waals surface area contributed by atoms with Crippen LogP contribution in [0.4, 0.5) is 10.2 Å². The number of anilines is 1. The minimum Gasteiger partial charge on any atom is -0.462 e. The maximum absolute atomic E-state index is 15.5. The number of carbonyl (C=O) groups excluding carboxylic acids is 2. The first-order chi connectivity index (χ1) is 17.5. The summed E-state index contributed by atoms with van der Waals surface area (Å²) in [5, 5.41) is 15.6. The molecule has 0 bridgehead atoms. The standard InChI is InChI=1S/C22H37FN5O9P/c1-11(2)35-18(30)13(5)26-38(33,27-14(6)19(31)36-12(3)4)34-10-15-17(29)22(7,23)20(37-15)28-9-8-16(24)25-21(28)32/h8-9,11-15,17,20,29H,10H2,1-7H3,(H2,24,25,32)(H2,26,27,33)/t13-,14-,15+,17+,20+,22+/m0/s1. The van der Waals surface area contributed by atoms with Crippen LogP contribution in [0.2, 0.25) is 0 Å². The largest absolute Gasteiger partial charge is 0.462 e. The zero-order chi connectivity index (χ0) is 29.0. The minimum absolute atomic E-state index is 0.0847. The first-order valence-corrected chi connectivity index (χ1v) is 13.7. The average Bonchev–Trinajstić information content (AvgIpc) is 3.00. The van der Waals surface area contributed by atoms with E-state index in [0.29, 0.717) is 0 Å². The van der Waals surface area contributed by atoms with E-state index >= 15 is 4.39 Å². The van der Waals surface area contributed by atoms with E-state index in [1.54, 1.807) is 27.7 Å². The lowest BCUT2D eigenvalue weighted by Crippen LogP contribution is -2.45. The zero-order valence-electron chi connectivity index (χ0n) is 22.4. The molecule has 216 valence electrons. The second kappa shape index (κ2) is 12.6. The van der Waals surface area contributed by atoms with Gasteiger partial charge in [0.15, 0.2) is 11.9 Å². The number of nitrogens with two attached hydrogens (primary N) is 1. The van der Waals surface area contributed by atoms with Crippen LogP contribution >= 0.6 is 7.67 Å². The summed E-state index contributed by atoms with van der Waals surface area (Å²) in [6, 6.07) is -1.05. The molecule has 0 amide bonds. The molecular weight excluding hydrogens is 528 g/mol. The van der Waals surface area contributed by atoms with Crippen LogP contribution in [0.25, 0.3) is 0 Å². The Kier molecular flexibility index (Phi) is 10.6. The van der Waals surface area contributed by atoms with Crippen molar-refractivity contribution in [1.82, 2.24) is 19.7 Å².